The van der Waals surface area contributed by atoms with Crippen molar-refractivity contribution in [1.29, 1.82) is 0 Å². The van der Waals surface area contributed by atoms with Gasteiger partial charge in [-0.1, -0.05) is 6.92 Å². The van der Waals surface area contributed by atoms with Crippen LogP contribution in [-0.4, -0.2) is 61.9 Å². The van der Waals surface area contributed by atoms with Crippen molar-refractivity contribution >= 4 is 17.9 Å². The van der Waals surface area contributed by atoms with Crippen LogP contribution in [0.2, 0.25) is 0 Å². The maximum atomic E-state index is 13.6. The fraction of sp³-hybridized carbons (Fsp3) is 0.483. The van der Waals surface area contributed by atoms with Gasteiger partial charge in [0.15, 0.2) is 0 Å². The third kappa shape index (κ3) is 7.84. The zero-order chi connectivity index (χ0) is 33.3. The fourth-order valence-electron chi connectivity index (χ4n) is 4.98. The zero-order valence-corrected chi connectivity index (χ0v) is 25.0. The number of carbonyl (C=O) groups is 2. The lowest BCUT2D eigenvalue weighted by molar-refractivity contribution is -0.143. The molecule has 2 aromatic heterocycles. The Balaban J connectivity index is 1.70. The molecule has 3 aromatic rings. The Morgan fingerprint density at radius 2 is 1.60 bits per heavy atom. The first-order chi connectivity index (χ1) is 20.9. The number of rotatable bonds is 9. The molecular weight excluding hydrogens is 608 g/mol. The van der Waals surface area contributed by atoms with Gasteiger partial charge in [-0.2, -0.15) is 31.4 Å². The number of alkyl halides is 6. The number of nitrogens with two attached hydrogens (primary N) is 1. The van der Waals surface area contributed by atoms with Crippen molar-refractivity contribution in [1.82, 2.24) is 24.6 Å². The Morgan fingerprint density at radius 1 is 1.00 bits per heavy atom. The van der Waals surface area contributed by atoms with E-state index in [0.717, 1.165) is 0 Å². The molecule has 0 bridgehead atoms. The third-order valence-electron chi connectivity index (χ3n) is 7.70. The van der Waals surface area contributed by atoms with Gasteiger partial charge in [-0.15, -0.1) is 0 Å². The Hall–Kier alpha value is -4.37. The molecule has 1 aromatic carbocycles. The molecule has 0 aliphatic carbocycles. The normalized spacial score (nSPS) is 17.4. The number of hydrogen-bond donors (Lipinski definition) is 1. The van der Waals surface area contributed by atoms with E-state index in [4.69, 9.17) is 10.5 Å². The lowest BCUT2D eigenvalue weighted by Gasteiger charge is -2.30. The van der Waals surface area contributed by atoms with Gasteiger partial charge in [0.2, 0.25) is 11.9 Å². The number of anilines is 1. The number of primary amides is 1. The maximum Gasteiger partial charge on any atom is 0.416 e. The lowest BCUT2D eigenvalue weighted by Crippen LogP contribution is -2.42. The van der Waals surface area contributed by atoms with E-state index in [1.807, 2.05) is 6.92 Å². The summed E-state index contributed by atoms with van der Waals surface area (Å²) >= 11 is 0. The number of nitrogens with zero attached hydrogens (tertiary/aromatic N) is 6. The molecule has 2 atom stereocenters. The van der Waals surface area contributed by atoms with Crippen molar-refractivity contribution in [2.75, 3.05) is 18.1 Å². The molecule has 16 heteroatoms. The number of ether oxygens (including phenoxy) is 1. The minimum Gasteiger partial charge on any atom is -0.448 e. The topological polar surface area (TPSA) is 119 Å². The minimum atomic E-state index is -5.03. The van der Waals surface area contributed by atoms with E-state index in [1.54, 1.807) is 24.1 Å². The highest BCUT2D eigenvalue weighted by Crippen LogP contribution is 2.37. The van der Waals surface area contributed by atoms with Gasteiger partial charge in [0, 0.05) is 55.9 Å². The van der Waals surface area contributed by atoms with E-state index in [-0.39, 0.29) is 36.8 Å². The van der Waals surface area contributed by atoms with Gasteiger partial charge in [0.1, 0.15) is 6.61 Å². The van der Waals surface area contributed by atoms with E-state index in [0.29, 0.717) is 36.1 Å². The second-order valence-corrected chi connectivity index (χ2v) is 11.6. The number of aryl methyl sites for hydroxylation is 1. The monoisotopic (exact) mass is 641 g/mol. The SMILES string of the molecule is CC[C@@H]1C[C@H](N(Cc2cc(C(F)(F)F)cc(C(F)(F)F)c2)c2ncc(-c3cnn(C)c3)cn2)CN1C(=O)OCC(C)(C)C(N)=O. The van der Waals surface area contributed by atoms with E-state index in [1.165, 1.54) is 36.0 Å². The van der Waals surface area contributed by atoms with Crippen molar-refractivity contribution in [3.05, 3.63) is 59.7 Å². The van der Waals surface area contributed by atoms with Crippen LogP contribution < -0.4 is 10.6 Å². The van der Waals surface area contributed by atoms with Crippen LogP contribution in [-0.2, 0) is 35.5 Å². The Labute approximate surface area is 255 Å². The van der Waals surface area contributed by atoms with Gasteiger partial charge in [0.25, 0.3) is 0 Å². The van der Waals surface area contributed by atoms with Crippen LogP contribution >= 0.6 is 0 Å². The maximum absolute atomic E-state index is 13.6. The summed E-state index contributed by atoms with van der Waals surface area (Å²) in [5.41, 5.74) is 2.37. The van der Waals surface area contributed by atoms with Crippen molar-refractivity contribution in [2.24, 2.45) is 18.2 Å². The van der Waals surface area contributed by atoms with Crippen LogP contribution in [0.5, 0.6) is 0 Å². The quantitative estimate of drug-likeness (QED) is 0.310. The number of likely N-dealkylation sites (tertiary alicyclic amines) is 1. The van der Waals surface area contributed by atoms with Gasteiger partial charge < -0.3 is 20.3 Å². The molecule has 244 valence electrons. The average Bonchev–Trinajstić information content (AvgIpc) is 3.60. The molecule has 1 fully saturated rings. The zero-order valence-electron chi connectivity index (χ0n) is 25.0. The van der Waals surface area contributed by atoms with Gasteiger partial charge in [-0.25, -0.2) is 14.8 Å². The van der Waals surface area contributed by atoms with Crippen LogP contribution in [0.25, 0.3) is 11.1 Å². The highest BCUT2D eigenvalue weighted by Gasteiger charge is 2.41. The van der Waals surface area contributed by atoms with Crippen molar-refractivity contribution < 1.29 is 40.7 Å². The molecule has 0 unspecified atom stereocenters. The average molecular weight is 642 g/mol. The Kier molecular flexibility index (Phi) is 9.35. The second kappa shape index (κ2) is 12.6. The lowest BCUT2D eigenvalue weighted by atomic mass is 9.94. The number of carbonyl (C=O) groups excluding carboxylic acids is 2. The molecule has 4 rings (SSSR count). The molecule has 0 spiro atoms. The summed E-state index contributed by atoms with van der Waals surface area (Å²) in [6.07, 6.45) is -3.75. The standard InChI is InChI=1S/C29H33F6N7O3/c1-5-22-9-23(15-42(22)26(44)45-16-27(2,3)24(36)43)41(25-37-10-18(11-38-25)19-12-39-40(4)14-19)13-17-6-20(28(30,31)32)8-21(7-17)29(33,34)35/h6-8,10-12,14,22-23H,5,9,13,15-16H2,1-4H3,(H2,36,43)/t22-,23+/m1/s1. The van der Waals surface area contributed by atoms with Crippen molar-refractivity contribution in [3.8, 4) is 11.1 Å². The first-order valence-electron chi connectivity index (χ1n) is 14.0. The molecule has 2 amide bonds. The molecule has 1 aliphatic heterocycles. The molecule has 3 heterocycles. The third-order valence-corrected chi connectivity index (χ3v) is 7.70. The van der Waals surface area contributed by atoms with E-state index >= 15 is 0 Å². The molecule has 1 saturated heterocycles. The second-order valence-electron chi connectivity index (χ2n) is 11.6. The predicted octanol–water partition coefficient (Wildman–Crippen LogP) is 5.42. The molecule has 0 saturated carbocycles. The minimum absolute atomic E-state index is 0.00709. The van der Waals surface area contributed by atoms with Crippen molar-refractivity contribution in [3.63, 3.8) is 0 Å². The summed E-state index contributed by atoms with van der Waals surface area (Å²) in [6.45, 7) is 4.17. The van der Waals surface area contributed by atoms with Crippen LogP contribution in [0.15, 0.2) is 43.0 Å². The molecule has 45 heavy (non-hydrogen) atoms. The Bertz CT molecular complexity index is 1490. The summed E-state index contributed by atoms with van der Waals surface area (Å²) in [4.78, 5) is 36.5. The summed E-state index contributed by atoms with van der Waals surface area (Å²) in [6, 6.07) is 0.400. The van der Waals surface area contributed by atoms with E-state index in [2.05, 4.69) is 15.1 Å². The van der Waals surface area contributed by atoms with Crippen LogP contribution in [0.4, 0.5) is 37.1 Å². The molecule has 1 aliphatic rings. The van der Waals surface area contributed by atoms with Gasteiger partial charge >= 0.3 is 18.4 Å². The van der Waals surface area contributed by atoms with E-state index in [9.17, 15) is 35.9 Å². The number of benzene rings is 1. The van der Waals surface area contributed by atoms with Gasteiger partial charge in [-0.05, 0) is 50.5 Å². The predicted molar refractivity (Wildman–Crippen MR) is 150 cm³/mol. The van der Waals surface area contributed by atoms with Crippen molar-refractivity contribution in [2.45, 2.75) is 64.6 Å². The first-order valence-corrected chi connectivity index (χ1v) is 14.0. The number of aromatic nitrogens is 4. The molecular formula is C29H33F6N7O3. The summed E-state index contributed by atoms with van der Waals surface area (Å²) in [5.74, 6) is -0.627. The number of halogens is 6. The molecule has 0 radical (unpaired) electrons. The largest absolute Gasteiger partial charge is 0.448 e. The van der Waals surface area contributed by atoms with Crippen LogP contribution in [0.3, 0.4) is 0 Å². The number of amides is 2. The first kappa shape index (κ1) is 33.5. The van der Waals surface area contributed by atoms with Gasteiger partial charge in [-0.3, -0.25) is 9.48 Å². The Morgan fingerprint density at radius 3 is 2.09 bits per heavy atom. The highest BCUT2D eigenvalue weighted by molar-refractivity contribution is 5.80. The smallest absolute Gasteiger partial charge is 0.416 e. The summed E-state index contributed by atoms with van der Waals surface area (Å²) in [5, 5.41) is 4.10. The van der Waals surface area contributed by atoms with Crippen LogP contribution in [0, 0.1) is 5.41 Å². The van der Waals surface area contributed by atoms with Crippen LogP contribution in [0.1, 0.15) is 50.3 Å². The molecule has 10 nitrogen and oxygen atoms in total. The molecule has 2 N–H and O–H groups in total. The summed E-state index contributed by atoms with van der Waals surface area (Å²) in [7, 11) is 1.72. The van der Waals surface area contributed by atoms with Gasteiger partial charge in [0.05, 0.1) is 28.8 Å². The van der Waals surface area contributed by atoms with E-state index < -0.39 is 53.5 Å². The fourth-order valence-corrected chi connectivity index (χ4v) is 4.98. The highest BCUT2D eigenvalue weighted by atomic mass is 19.4. The summed E-state index contributed by atoms with van der Waals surface area (Å²) < 4.78 is 88.9. The number of hydrogen-bond acceptors (Lipinski definition) is 7.